The van der Waals surface area contributed by atoms with Crippen LogP contribution in [0.4, 0.5) is 0 Å². The average Bonchev–Trinajstić information content (AvgIpc) is 2.62. The molecule has 0 atom stereocenters. The Morgan fingerprint density at radius 1 is 1.19 bits per heavy atom. The molecule has 0 aliphatic heterocycles. The Kier molecular flexibility index (Phi) is 5.18. The summed E-state index contributed by atoms with van der Waals surface area (Å²) in [5.41, 5.74) is 1.67. The molecule has 1 aromatic heterocycles. The SMILES string of the molecule is CCOc1ccccc1CN(C)C(=O)c1ccc2c(=O)[nH]c(=S)[nH]c2c1. The van der Waals surface area contributed by atoms with E-state index in [1.54, 1.807) is 30.1 Å². The summed E-state index contributed by atoms with van der Waals surface area (Å²) in [6.45, 7) is 2.90. The van der Waals surface area contributed by atoms with Crippen molar-refractivity contribution in [3.63, 3.8) is 0 Å². The first-order chi connectivity index (χ1) is 12.5. The molecule has 1 amide bonds. The van der Waals surface area contributed by atoms with Gasteiger partial charge in [0.15, 0.2) is 4.77 Å². The van der Waals surface area contributed by atoms with Crippen molar-refractivity contribution in [2.24, 2.45) is 0 Å². The molecule has 0 radical (unpaired) electrons. The van der Waals surface area contributed by atoms with E-state index in [4.69, 9.17) is 17.0 Å². The van der Waals surface area contributed by atoms with E-state index in [-0.39, 0.29) is 16.2 Å². The first kappa shape index (κ1) is 17.9. The number of aromatic nitrogens is 2. The van der Waals surface area contributed by atoms with Gasteiger partial charge in [-0.2, -0.15) is 0 Å². The molecular weight excluding hydrogens is 350 g/mol. The Balaban J connectivity index is 1.88. The molecule has 7 heteroatoms. The summed E-state index contributed by atoms with van der Waals surface area (Å²) in [5, 5.41) is 0.458. The van der Waals surface area contributed by atoms with Crippen molar-refractivity contribution in [2.75, 3.05) is 13.7 Å². The van der Waals surface area contributed by atoms with Gasteiger partial charge in [0.1, 0.15) is 5.75 Å². The summed E-state index contributed by atoms with van der Waals surface area (Å²) in [6, 6.07) is 12.5. The van der Waals surface area contributed by atoms with Gasteiger partial charge in [0, 0.05) is 24.7 Å². The average molecular weight is 369 g/mol. The second-order valence-corrected chi connectivity index (χ2v) is 6.28. The number of carbonyl (C=O) groups excluding carboxylic acids is 1. The first-order valence-electron chi connectivity index (χ1n) is 8.22. The van der Waals surface area contributed by atoms with Gasteiger partial charge in [0.05, 0.1) is 17.5 Å². The highest BCUT2D eigenvalue weighted by atomic mass is 32.1. The topological polar surface area (TPSA) is 78.2 Å². The van der Waals surface area contributed by atoms with Gasteiger partial charge in [0.2, 0.25) is 0 Å². The van der Waals surface area contributed by atoms with E-state index in [9.17, 15) is 9.59 Å². The smallest absolute Gasteiger partial charge is 0.259 e. The maximum atomic E-state index is 12.8. The van der Waals surface area contributed by atoms with Crippen LogP contribution in [-0.2, 0) is 6.54 Å². The summed E-state index contributed by atoms with van der Waals surface area (Å²) >= 11 is 4.99. The molecule has 0 fully saturated rings. The predicted octanol–water partition coefficient (Wildman–Crippen LogP) is 3.26. The minimum Gasteiger partial charge on any atom is -0.494 e. The number of rotatable bonds is 5. The van der Waals surface area contributed by atoms with E-state index in [0.29, 0.717) is 29.6 Å². The number of ether oxygens (including phenoxy) is 1. The molecule has 26 heavy (non-hydrogen) atoms. The number of nitrogens with zero attached hydrogens (tertiary/aromatic N) is 1. The van der Waals surface area contributed by atoms with Crippen LogP contribution in [0.3, 0.4) is 0 Å². The predicted molar refractivity (Wildman–Crippen MR) is 103 cm³/mol. The normalized spacial score (nSPS) is 10.7. The maximum Gasteiger partial charge on any atom is 0.259 e. The molecule has 134 valence electrons. The molecule has 0 aliphatic rings. The number of amides is 1. The van der Waals surface area contributed by atoms with Crippen LogP contribution in [0.15, 0.2) is 47.3 Å². The zero-order chi connectivity index (χ0) is 18.7. The molecule has 2 aromatic carbocycles. The van der Waals surface area contributed by atoms with Crippen molar-refractivity contribution in [2.45, 2.75) is 13.5 Å². The van der Waals surface area contributed by atoms with Gasteiger partial charge in [-0.1, -0.05) is 18.2 Å². The van der Waals surface area contributed by atoms with Gasteiger partial charge in [-0.25, -0.2) is 0 Å². The van der Waals surface area contributed by atoms with E-state index >= 15 is 0 Å². The minimum absolute atomic E-state index is 0.155. The molecule has 0 saturated heterocycles. The molecular formula is C19H19N3O3S. The van der Waals surface area contributed by atoms with Crippen LogP contribution in [-0.4, -0.2) is 34.4 Å². The lowest BCUT2D eigenvalue weighted by Crippen LogP contribution is -2.26. The van der Waals surface area contributed by atoms with Crippen molar-refractivity contribution in [1.29, 1.82) is 0 Å². The lowest BCUT2D eigenvalue weighted by molar-refractivity contribution is 0.0784. The Bertz CT molecular complexity index is 1070. The maximum absolute atomic E-state index is 12.8. The zero-order valence-electron chi connectivity index (χ0n) is 14.5. The van der Waals surface area contributed by atoms with Crippen LogP contribution in [0.5, 0.6) is 5.75 Å². The van der Waals surface area contributed by atoms with Crippen molar-refractivity contribution in [3.05, 3.63) is 68.7 Å². The van der Waals surface area contributed by atoms with Crippen molar-refractivity contribution in [1.82, 2.24) is 14.9 Å². The number of para-hydroxylation sites is 1. The van der Waals surface area contributed by atoms with Gasteiger partial charge >= 0.3 is 0 Å². The number of hydrogen-bond acceptors (Lipinski definition) is 4. The standard InChI is InChI=1S/C19H19N3O3S/c1-3-25-16-7-5-4-6-13(16)11-22(2)18(24)12-8-9-14-15(10-12)20-19(26)21-17(14)23/h4-10H,3,11H2,1-2H3,(H2,20,21,23,26). The van der Waals surface area contributed by atoms with Crippen LogP contribution in [0.1, 0.15) is 22.8 Å². The van der Waals surface area contributed by atoms with Crippen LogP contribution < -0.4 is 10.3 Å². The molecule has 0 spiro atoms. The highest BCUT2D eigenvalue weighted by Crippen LogP contribution is 2.20. The van der Waals surface area contributed by atoms with E-state index in [1.807, 2.05) is 31.2 Å². The monoisotopic (exact) mass is 369 g/mol. The third-order valence-corrected chi connectivity index (χ3v) is 4.22. The Hall–Kier alpha value is -2.93. The molecule has 2 N–H and O–H groups in total. The van der Waals surface area contributed by atoms with Crippen LogP contribution in [0.2, 0.25) is 0 Å². The van der Waals surface area contributed by atoms with Gasteiger partial charge in [-0.05, 0) is 43.4 Å². The number of benzene rings is 2. The molecule has 0 bridgehead atoms. The molecule has 3 aromatic rings. The number of fused-ring (bicyclic) bond motifs is 1. The molecule has 0 saturated carbocycles. The van der Waals surface area contributed by atoms with Gasteiger partial charge < -0.3 is 14.6 Å². The van der Waals surface area contributed by atoms with Crippen molar-refractivity contribution >= 4 is 29.0 Å². The Morgan fingerprint density at radius 2 is 1.96 bits per heavy atom. The van der Waals surface area contributed by atoms with Crippen LogP contribution in [0.25, 0.3) is 10.9 Å². The number of H-pyrrole nitrogens is 2. The highest BCUT2D eigenvalue weighted by Gasteiger charge is 2.15. The lowest BCUT2D eigenvalue weighted by Gasteiger charge is -2.19. The largest absolute Gasteiger partial charge is 0.494 e. The van der Waals surface area contributed by atoms with Crippen LogP contribution in [0, 0.1) is 4.77 Å². The number of aromatic amines is 2. The van der Waals surface area contributed by atoms with Crippen molar-refractivity contribution < 1.29 is 9.53 Å². The summed E-state index contributed by atoms with van der Waals surface area (Å²) in [4.78, 5) is 31.7. The third kappa shape index (κ3) is 3.67. The number of nitrogens with one attached hydrogen (secondary N) is 2. The quantitative estimate of drug-likeness (QED) is 0.677. The molecule has 0 aliphatic carbocycles. The lowest BCUT2D eigenvalue weighted by atomic mass is 10.1. The molecule has 0 unspecified atom stereocenters. The van der Waals surface area contributed by atoms with Crippen LogP contribution >= 0.6 is 12.2 Å². The highest BCUT2D eigenvalue weighted by molar-refractivity contribution is 7.71. The van der Waals surface area contributed by atoms with E-state index < -0.39 is 0 Å². The van der Waals surface area contributed by atoms with Gasteiger partial charge in [-0.15, -0.1) is 0 Å². The zero-order valence-corrected chi connectivity index (χ0v) is 15.4. The summed E-state index contributed by atoms with van der Waals surface area (Å²) < 4.78 is 5.84. The first-order valence-corrected chi connectivity index (χ1v) is 8.63. The molecule has 1 heterocycles. The number of hydrogen-bond donors (Lipinski definition) is 2. The van der Waals surface area contributed by atoms with Gasteiger partial charge in [0.25, 0.3) is 11.5 Å². The van der Waals surface area contributed by atoms with Gasteiger partial charge in [-0.3, -0.25) is 14.6 Å². The van der Waals surface area contributed by atoms with E-state index in [0.717, 1.165) is 11.3 Å². The molecule has 3 rings (SSSR count). The summed E-state index contributed by atoms with van der Waals surface area (Å²) in [5.74, 6) is 0.613. The second kappa shape index (κ2) is 7.53. The summed E-state index contributed by atoms with van der Waals surface area (Å²) in [6.07, 6.45) is 0. The summed E-state index contributed by atoms with van der Waals surface area (Å²) in [7, 11) is 1.73. The molecule has 6 nitrogen and oxygen atoms in total. The Morgan fingerprint density at radius 3 is 2.73 bits per heavy atom. The van der Waals surface area contributed by atoms with E-state index in [1.165, 1.54) is 0 Å². The fourth-order valence-electron chi connectivity index (χ4n) is 2.78. The van der Waals surface area contributed by atoms with E-state index in [2.05, 4.69) is 9.97 Å². The van der Waals surface area contributed by atoms with Crippen molar-refractivity contribution in [3.8, 4) is 5.75 Å². The fourth-order valence-corrected chi connectivity index (χ4v) is 2.98. The number of carbonyl (C=O) groups is 1. The fraction of sp³-hybridized carbons (Fsp3) is 0.211. The minimum atomic E-state index is -0.276. The Labute approximate surface area is 155 Å². The third-order valence-electron chi connectivity index (χ3n) is 4.01. The second-order valence-electron chi connectivity index (χ2n) is 5.87.